The van der Waals surface area contributed by atoms with E-state index in [9.17, 15) is 9.59 Å². The average Bonchev–Trinajstić information content (AvgIpc) is 2.67. The number of aromatic nitrogens is 2. The predicted molar refractivity (Wildman–Crippen MR) is 65.4 cm³/mol. The summed E-state index contributed by atoms with van der Waals surface area (Å²) in [6.45, 7) is 1.03. The minimum atomic E-state index is -0.292. The van der Waals surface area contributed by atoms with Gasteiger partial charge in [-0.05, 0) is 12.8 Å². The van der Waals surface area contributed by atoms with Gasteiger partial charge in [0.25, 0.3) is 5.91 Å². The van der Waals surface area contributed by atoms with E-state index in [1.807, 2.05) is 0 Å². The summed E-state index contributed by atoms with van der Waals surface area (Å²) in [5, 5.41) is 4.05. The standard InChI is InChI=1S/C11H17N5O2/c1-15-6-8(12)9(14-15)11(18)16-4-2-7(3-5-16)10(13)17/h6-7H,2-5,12H2,1H3,(H2,13,17). The number of nitrogen functional groups attached to an aromatic ring is 1. The Balaban J connectivity index is 2.04. The summed E-state index contributed by atoms with van der Waals surface area (Å²) in [5.74, 6) is -0.606. The van der Waals surface area contributed by atoms with Crippen LogP contribution in [-0.4, -0.2) is 39.6 Å². The van der Waals surface area contributed by atoms with Gasteiger partial charge in [0.15, 0.2) is 5.69 Å². The highest BCUT2D eigenvalue weighted by Gasteiger charge is 2.28. The summed E-state index contributed by atoms with van der Waals surface area (Å²) in [6.07, 6.45) is 2.81. The Hall–Kier alpha value is -2.05. The lowest BCUT2D eigenvalue weighted by atomic mass is 9.96. The highest BCUT2D eigenvalue weighted by Crippen LogP contribution is 2.20. The number of nitrogens with zero attached hydrogens (tertiary/aromatic N) is 3. The van der Waals surface area contributed by atoms with Crippen LogP contribution < -0.4 is 11.5 Å². The molecule has 1 saturated heterocycles. The van der Waals surface area contributed by atoms with E-state index in [0.29, 0.717) is 31.6 Å². The smallest absolute Gasteiger partial charge is 0.276 e. The highest BCUT2D eigenvalue weighted by atomic mass is 16.2. The number of hydrogen-bond acceptors (Lipinski definition) is 4. The number of primary amides is 1. The average molecular weight is 251 g/mol. The lowest BCUT2D eigenvalue weighted by Gasteiger charge is -2.30. The second-order valence-electron chi connectivity index (χ2n) is 4.58. The van der Waals surface area contributed by atoms with E-state index in [-0.39, 0.29) is 23.4 Å². The van der Waals surface area contributed by atoms with E-state index in [0.717, 1.165) is 0 Å². The van der Waals surface area contributed by atoms with Gasteiger partial charge in [0, 0.05) is 32.3 Å². The Labute approximate surface area is 105 Å². The summed E-state index contributed by atoms with van der Waals surface area (Å²) < 4.78 is 1.51. The third-order valence-corrected chi connectivity index (χ3v) is 3.24. The molecule has 1 aliphatic heterocycles. The topological polar surface area (TPSA) is 107 Å². The number of nitrogens with two attached hydrogens (primary N) is 2. The van der Waals surface area contributed by atoms with E-state index >= 15 is 0 Å². The molecule has 2 heterocycles. The fraction of sp³-hybridized carbons (Fsp3) is 0.545. The van der Waals surface area contributed by atoms with E-state index in [2.05, 4.69) is 5.10 Å². The Bertz CT molecular complexity index is 474. The molecule has 0 aliphatic carbocycles. The number of anilines is 1. The van der Waals surface area contributed by atoms with Gasteiger partial charge in [-0.3, -0.25) is 14.3 Å². The maximum atomic E-state index is 12.2. The van der Waals surface area contributed by atoms with Crippen molar-refractivity contribution in [1.82, 2.24) is 14.7 Å². The van der Waals surface area contributed by atoms with Crippen LogP contribution in [0.1, 0.15) is 23.3 Å². The summed E-state index contributed by atoms with van der Waals surface area (Å²) in [4.78, 5) is 24.9. The normalized spacial score (nSPS) is 16.8. The van der Waals surface area contributed by atoms with Gasteiger partial charge in [0.2, 0.25) is 5.91 Å². The minimum Gasteiger partial charge on any atom is -0.396 e. The summed E-state index contributed by atoms with van der Waals surface area (Å²) in [6, 6.07) is 0. The van der Waals surface area contributed by atoms with Gasteiger partial charge in [-0.25, -0.2) is 0 Å². The molecule has 18 heavy (non-hydrogen) atoms. The zero-order valence-corrected chi connectivity index (χ0v) is 10.3. The molecule has 0 atom stereocenters. The van der Waals surface area contributed by atoms with E-state index < -0.39 is 0 Å². The lowest BCUT2D eigenvalue weighted by Crippen LogP contribution is -2.42. The zero-order valence-electron chi connectivity index (χ0n) is 10.3. The van der Waals surface area contributed by atoms with Crippen LogP contribution in [0.3, 0.4) is 0 Å². The summed E-state index contributed by atoms with van der Waals surface area (Å²) >= 11 is 0. The molecule has 1 aromatic heterocycles. The molecule has 0 saturated carbocycles. The molecule has 0 aromatic carbocycles. The molecule has 0 unspecified atom stereocenters. The number of hydrogen-bond donors (Lipinski definition) is 2. The molecule has 0 spiro atoms. The molecule has 7 heteroatoms. The van der Waals surface area contributed by atoms with Gasteiger partial charge in [-0.1, -0.05) is 0 Å². The van der Waals surface area contributed by atoms with Crippen molar-refractivity contribution in [3.63, 3.8) is 0 Å². The Morgan fingerprint density at radius 1 is 1.39 bits per heavy atom. The van der Waals surface area contributed by atoms with Crippen molar-refractivity contribution in [2.24, 2.45) is 18.7 Å². The maximum absolute atomic E-state index is 12.2. The predicted octanol–water partition coefficient (Wildman–Crippen LogP) is -0.660. The van der Waals surface area contributed by atoms with Gasteiger partial charge in [-0.15, -0.1) is 0 Å². The van der Waals surface area contributed by atoms with Crippen molar-refractivity contribution in [2.45, 2.75) is 12.8 Å². The van der Waals surface area contributed by atoms with Gasteiger partial charge in [-0.2, -0.15) is 5.10 Å². The van der Waals surface area contributed by atoms with E-state index in [1.165, 1.54) is 4.68 Å². The van der Waals surface area contributed by atoms with Crippen molar-refractivity contribution < 1.29 is 9.59 Å². The molecule has 4 N–H and O–H groups in total. The van der Waals surface area contributed by atoms with E-state index in [4.69, 9.17) is 11.5 Å². The Morgan fingerprint density at radius 2 is 2.00 bits per heavy atom. The second-order valence-corrected chi connectivity index (χ2v) is 4.58. The molecule has 2 amide bonds. The molecule has 1 fully saturated rings. The third kappa shape index (κ3) is 2.29. The van der Waals surface area contributed by atoms with Crippen molar-refractivity contribution in [2.75, 3.05) is 18.8 Å². The van der Waals surface area contributed by atoms with Crippen molar-refractivity contribution in [1.29, 1.82) is 0 Å². The van der Waals surface area contributed by atoms with Gasteiger partial charge in [0.05, 0.1) is 5.69 Å². The summed E-state index contributed by atoms with van der Waals surface area (Å²) in [5.41, 5.74) is 11.6. The fourth-order valence-corrected chi connectivity index (χ4v) is 2.19. The van der Waals surface area contributed by atoms with Crippen LogP contribution in [0, 0.1) is 5.92 Å². The Kier molecular flexibility index (Phi) is 3.22. The summed E-state index contributed by atoms with van der Waals surface area (Å²) in [7, 11) is 1.71. The molecule has 7 nitrogen and oxygen atoms in total. The number of rotatable bonds is 2. The maximum Gasteiger partial charge on any atom is 0.276 e. The van der Waals surface area contributed by atoms with E-state index in [1.54, 1.807) is 18.1 Å². The van der Waals surface area contributed by atoms with Crippen LogP contribution in [0.4, 0.5) is 5.69 Å². The monoisotopic (exact) mass is 251 g/mol. The first kappa shape index (κ1) is 12.4. The SMILES string of the molecule is Cn1cc(N)c(C(=O)N2CCC(C(N)=O)CC2)n1. The zero-order chi connectivity index (χ0) is 13.3. The number of piperidine rings is 1. The quantitative estimate of drug-likeness (QED) is 0.727. The Morgan fingerprint density at radius 3 is 2.44 bits per heavy atom. The number of carbonyl (C=O) groups is 2. The number of carbonyl (C=O) groups excluding carboxylic acids is 2. The highest BCUT2D eigenvalue weighted by molar-refractivity contribution is 5.97. The first-order valence-corrected chi connectivity index (χ1v) is 5.86. The number of likely N-dealkylation sites (tertiary alicyclic amines) is 1. The van der Waals surface area contributed by atoms with Crippen molar-refractivity contribution >= 4 is 17.5 Å². The molecule has 2 rings (SSSR count). The van der Waals surface area contributed by atoms with Crippen LogP contribution in [0.15, 0.2) is 6.20 Å². The van der Waals surface area contributed by atoms with Crippen LogP contribution in [0.25, 0.3) is 0 Å². The van der Waals surface area contributed by atoms with Gasteiger partial charge >= 0.3 is 0 Å². The molecular weight excluding hydrogens is 234 g/mol. The lowest BCUT2D eigenvalue weighted by molar-refractivity contribution is -0.123. The molecule has 1 aliphatic rings. The molecule has 98 valence electrons. The molecule has 1 aromatic rings. The van der Waals surface area contributed by atoms with Crippen LogP contribution in [-0.2, 0) is 11.8 Å². The van der Waals surface area contributed by atoms with Gasteiger partial charge in [0.1, 0.15) is 0 Å². The van der Waals surface area contributed by atoms with Crippen LogP contribution in [0.2, 0.25) is 0 Å². The third-order valence-electron chi connectivity index (χ3n) is 3.24. The molecule has 0 bridgehead atoms. The molecular formula is C11H17N5O2. The first-order chi connectivity index (χ1) is 8.49. The first-order valence-electron chi connectivity index (χ1n) is 5.86. The minimum absolute atomic E-state index is 0.130. The number of aryl methyl sites for hydroxylation is 1. The largest absolute Gasteiger partial charge is 0.396 e. The van der Waals surface area contributed by atoms with Crippen LogP contribution >= 0.6 is 0 Å². The second kappa shape index (κ2) is 4.67. The number of amides is 2. The van der Waals surface area contributed by atoms with Crippen molar-refractivity contribution in [3.05, 3.63) is 11.9 Å². The molecule has 0 radical (unpaired) electrons. The van der Waals surface area contributed by atoms with Gasteiger partial charge < -0.3 is 16.4 Å². The van der Waals surface area contributed by atoms with Crippen LogP contribution in [0.5, 0.6) is 0 Å². The fourth-order valence-electron chi connectivity index (χ4n) is 2.19. The van der Waals surface area contributed by atoms with Crippen molar-refractivity contribution in [3.8, 4) is 0 Å².